The zero-order valence-corrected chi connectivity index (χ0v) is 4.59. The molecule has 0 aliphatic carbocycles. The second kappa shape index (κ2) is 3.07. The Morgan fingerprint density at radius 1 is 1.88 bits per heavy atom. The molecule has 0 amide bonds. The zero-order valence-electron chi connectivity index (χ0n) is 3.83. The summed E-state index contributed by atoms with van der Waals surface area (Å²) in [5, 5.41) is 2.00. The van der Waals surface area contributed by atoms with E-state index in [2.05, 4.69) is 16.6 Å². The molecular weight excluding hydrogens is 130 g/mol. The van der Waals surface area contributed by atoms with E-state index in [9.17, 15) is 4.79 Å². The summed E-state index contributed by atoms with van der Waals surface area (Å²) in [6, 6.07) is 0. The van der Waals surface area contributed by atoms with Crippen molar-refractivity contribution in [3.05, 3.63) is 22.7 Å². The van der Waals surface area contributed by atoms with Gasteiger partial charge >= 0.3 is 0 Å². The lowest BCUT2D eigenvalue weighted by molar-refractivity contribution is -0.108. The lowest BCUT2D eigenvalue weighted by Gasteiger charge is -1.79. The van der Waals surface area contributed by atoms with Crippen molar-refractivity contribution in [3.63, 3.8) is 0 Å². The Morgan fingerprint density at radius 3 is 2.50 bits per heavy atom. The van der Waals surface area contributed by atoms with Crippen molar-refractivity contribution in [2.75, 3.05) is 0 Å². The molecule has 0 atom stereocenters. The Balaban J connectivity index is 4.05. The molecule has 0 saturated heterocycles. The fraction of sp³-hybridized carbons (Fsp3) is 0. The van der Waals surface area contributed by atoms with E-state index in [1.807, 2.05) is 0 Å². The third kappa shape index (κ3) is 2.23. The van der Waals surface area contributed by atoms with Crippen molar-refractivity contribution in [3.8, 4) is 0 Å². The van der Waals surface area contributed by atoms with E-state index in [4.69, 9.17) is 17.1 Å². The fourth-order valence-corrected chi connectivity index (χ4v) is 0.131. The van der Waals surface area contributed by atoms with E-state index in [-0.39, 0.29) is 5.70 Å². The van der Waals surface area contributed by atoms with Crippen LogP contribution in [0.3, 0.4) is 0 Å². The average Bonchev–Trinajstić information content (AvgIpc) is 1.67. The number of hydrogen-bond acceptors (Lipinski definition) is 2. The highest BCUT2D eigenvalue weighted by atomic mass is 35.5. The molecule has 0 heterocycles. The van der Waals surface area contributed by atoms with Crippen LogP contribution in [0.4, 0.5) is 0 Å². The maximum Gasteiger partial charge on any atom is 0.254 e. The van der Waals surface area contributed by atoms with Gasteiger partial charge in [-0.15, -0.1) is 0 Å². The van der Waals surface area contributed by atoms with Gasteiger partial charge < -0.3 is 0 Å². The minimum absolute atomic E-state index is 0.283. The van der Waals surface area contributed by atoms with Crippen LogP contribution >= 0.6 is 11.6 Å². The summed E-state index contributed by atoms with van der Waals surface area (Å²) in [6.45, 7) is 3.04. The topological polar surface area (TPSA) is 65.8 Å². The van der Waals surface area contributed by atoms with E-state index in [1.54, 1.807) is 0 Å². The van der Waals surface area contributed by atoms with E-state index < -0.39 is 5.24 Å². The van der Waals surface area contributed by atoms with Crippen LogP contribution in [0.25, 0.3) is 10.4 Å². The average molecular weight is 132 g/mol. The number of nitrogens with zero attached hydrogens (tertiary/aromatic N) is 3. The molecule has 0 aromatic carbocycles. The minimum Gasteiger partial charge on any atom is -0.276 e. The van der Waals surface area contributed by atoms with E-state index in [1.165, 1.54) is 0 Å². The molecule has 0 aliphatic rings. The van der Waals surface area contributed by atoms with Crippen molar-refractivity contribution in [1.82, 2.24) is 0 Å². The Labute approximate surface area is 50.4 Å². The number of halogens is 1. The molecular formula is C3H2ClN3O. The first-order valence-electron chi connectivity index (χ1n) is 1.62. The van der Waals surface area contributed by atoms with Crippen LogP contribution in [-0.4, -0.2) is 5.24 Å². The fourth-order valence-electron chi connectivity index (χ4n) is 0.0933. The van der Waals surface area contributed by atoms with Gasteiger partial charge in [0.25, 0.3) is 5.24 Å². The summed E-state index contributed by atoms with van der Waals surface area (Å²) in [4.78, 5) is 12.2. The Kier molecular flexibility index (Phi) is 2.69. The van der Waals surface area contributed by atoms with Gasteiger partial charge in [-0.25, -0.2) is 0 Å². The monoisotopic (exact) mass is 131 g/mol. The first-order valence-corrected chi connectivity index (χ1v) is 2.00. The molecule has 0 aliphatic heterocycles. The van der Waals surface area contributed by atoms with Crippen LogP contribution in [0.15, 0.2) is 17.4 Å². The Hall–Kier alpha value is -0.990. The van der Waals surface area contributed by atoms with Gasteiger partial charge in [-0.2, -0.15) is 0 Å². The molecule has 0 bridgehead atoms. The molecule has 0 rings (SSSR count). The predicted molar refractivity (Wildman–Crippen MR) is 29.1 cm³/mol. The Bertz CT molecular complexity index is 165. The quantitative estimate of drug-likeness (QED) is 0.184. The third-order valence-electron chi connectivity index (χ3n) is 0.392. The van der Waals surface area contributed by atoms with Crippen LogP contribution < -0.4 is 0 Å². The molecule has 0 spiro atoms. The second-order valence-corrected chi connectivity index (χ2v) is 1.25. The number of carbonyl (C=O) groups is 1. The van der Waals surface area contributed by atoms with E-state index in [0.717, 1.165) is 0 Å². The summed E-state index contributed by atoms with van der Waals surface area (Å²) < 4.78 is 0. The molecule has 0 aromatic rings. The van der Waals surface area contributed by atoms with Crippen LogP contribution in [0.1, 0.15) is 0 Å². The molecule has 0 unspecified atom stereocenters. The first kappa shape index (κ1) is 7.01. The maximum atomic E-state index is 9.93. The smallest absolute Gasteiger partial charge is 0.254 e. The maximum absolute atomic E-state index is 9.93. The van der Waals surface area contributed by atoms with Crippen LogP contribution in [0.5, 0.6) is 0 Å². The summed E-state index contributed by atoms with van der Waals surface area (Å²) in [6.07, 6.45) is 0. The van der Waals surface area contributed by atoms with Crippen molar-refractivity contribution in [2.45, 2.75) is 0 Å². The zero-order chi connectivity index (χ0) is 6.57. The highest BCUT2D eigenvalue weighted by Crippen LogP contribution is 1.96. The standard InChI is InChI=1S/C3H2ClN3O/c1-2(3(4)8)6-7-5/h1H2. The molecule has 0 fully saturated rings. The molecule has 42 valence electrons. The highest BCUT2D eigenvalue weighted by Gasteiger charge is 1.95. The summed E-state index contributed by atoms with van der Waals surface area (Å²) in [7, 11) is 0. The van der Waals surface area contributed by atoms with Gasteiger partial charge in [0.15, 0.2) is 0 Å². The number of rotatable bonds is 2. The molecule has 0 aromatic heterocycles. The Morgan fingerprint density at radius 2 is 2.38 bits per heavy atom. The highest BCUT2D eigenvalue weighted by molar-refractivity contribution is 6.67. The van der Waals surface area contributed by atoms with E-state index >= 15 is 0 Å². The molecule has 4 nitrogen and oxygen atoms in total. The number of hydrogen-bond donors (Lipinski definition) is 0. The van der Waals surface area contributed by atoms with Gasteiger partial charge in [-0.05, 0) is 17.1 Å². The second-order valence-electron chi connectivity index (χ2n) is 0.910. The summed E-state index contributed by atoms with van der Waals surface area (Å²) in [5.41, 5.74) is 7.39. The molecule has 5 heteroatoms. The van der Waals surface area contributed by atoms with Crippen molar-refractivity contribution in [2.24, 2.45) is 5.11 Å². The van der Waals surface area contributed by atoms with Gasteiger partial charge in [0.05, 0.1) is 5.70 Å². The number of azide groups is 1. The molecule has 0 N–H and O–H groups in total. The van der Waals surface area contributed by atoms with Crippen LogP contribution in [0.2, 0.25) is 0 Å². The predicted octanol–water partition coefficient (Wildman–Crippen LogP) is 1.58. The molecule has 8 heavy (non-hydrogen) atoms. The SMILES string of the molecule is C=C(N=[N+]=[N-])C(=O)Cl. The summed E-state index contributed by atoms with van der Waals surface area (Å²) >= 11 is 4.80. The van der Waals surface area contributed by atoms with Gasteiger partial charge in [0.1, 0.15) is 0 Å². The third-order valence-corrected chi connectivity index (χ3v) is 0.610. The number of carbonyl (C=O) groups excluding carboxylic acids is 1. The van der Waals surface area contributed by atoms with Crippen LogP contribution in [0, 0.1) is 0 Å². The lowest BCUT2D eigenvalue weighted by atomic mass is 10.6. The van der Waals surface area contributed by atoms with Gasteiger partial charge in [0, 0.05) is 4.91 Å². The van der Waals surface area contributed by atoms with Crippen molar-refractivity contribution in [1.29, 1.82) is 0 Å². The van der Waals surface area contributed by atoms with E-state index in [0.29, 0.717) is 0 Å². The van der Waals surface area contributed by atoms with Crippen molar-refractivity contribution < 1.29 is 4.79 Å². The first-order chi connectivity index (χ1) is 3.68. The summed E-state index contributed by atoms with van der Waals surface area (Å²) in [5.74, 6) is 0. The lowest BCUT2D eigenvalue weighted by Crippen LogP contribution is -1.83. The number of allylic oxidation sites excluding steroid dienone is 1. The van der Waals surface area contributed by atoms with Gasteiger partial charge in [-0.3, -0.25) is 4.79 Å². The molecule has 0 radical (unpaired) electrons. The normalized spacial score (nSPS) is 7.12. The van der Waals surface area contributed by atoms with Crippen molar-refractivity contribution >= 4 is 16.8 Å². The van der Waals surface area contributed by atoms with Gasteiger partial charge in [0.2, 0.25) is 0 Å². The minimum atomic E-state index is -0.831. The van der Waals surface area contributed by atoms with Gasteiger partial charge in [-0.1, -0.05) is 11.7 Å². The molecule has 0 saturated carbocycles. The van der Waals surface area contributed by atoms with Crippen LogP contribution in [-0.2, 0) is 4.79 Å². The largest absolute Gasteiger partial charge is 0.276 e.